The van der Waals surface area contributed by atoms with Gasteiger partial charge in [-0.25, -0.2) is 0 Å². The van der Waals surface area contributed by atoms with Crippen LogP contribution in [0.25, 0.3) is 6.08 Å². The minimum Gasteiger partial charge on any atom is -0.258 e. The van der Waals surface area contributed by atoms with Crippen molar-refractivity contribution in [2.24, 2.45) is 0 Å². The zero-order valence-corrected chi connectivity index (χ0v) is 9.53. The van der Waals surface area contributed by atoms with E-state index in [0.717, 1.165) is 20.7 Å². The Kier molecular flexibility index (Phi) is 3.90. The van der Waals surface area contributed by atoms with E-state index < -0.39 is 4.92 Å². The molecule has 0 saturated heterocycles. The van der Waals surface area contributed by atoms with E-state index in [2.05, 4.69) is 15.9 Å². The molecule has 1 heterocycles. The average molecular weight is 283 g/mol. The third-order valence-corrected chi connectivity index (χ3v) is 3.32. The van der Waals surface area contributed by atoms with E-state index in [4.69, 9.17) is 11.6 Å². The maximum atomic E-state index is 10.3. The molecule has 0 radical (unpaired) electrons. The molecular weight excluding hydrogens is 278 g/mol. The third kappa shape index (κ3) is 3.10. The van der Waals surface area contributed by atoms with Gasteiger partial charge in [-0.15, -0.1) is 11.6 Å². The Morgan fingerprint density at radius 2 is 2.46 bits per heavy atom. The minimum atomic E-state index is -0.406. The van der Waals surface area contributed by atoms with Crippen LogP contribution in [0, 0.1) is 10.1 Å². The van der Waals surface area contributed by atoms with Gasteiger partial charge in [-0.2, -0.15) is 0 Å². The Morgan fingerprint density at radius 1 is 1.77 bits per heavy atom. The van der Waals surface area contributed by atoms with Gasteiger partial charge in [0, 0.05) is 15.4 Å². The molecule has 0 aliphatic heterocycles. The van der Waals surface area contributed by atoms with E-state index in [9.17, 15) is 10.1 Å². The number of thiophene rings is 1. The monoisotopic (exact) mass is 281 g/mol. The molecule has 0 amide bonds. The fraction of sp³-hybridized carbons (Fsp3) is 0.143. The topological polar surface area (TPSA) is 43.1 Å². The molecule has 0 bridgehead atoms. The van der Waals surface area contributed by atoms with Crippen LogP contribution in [-0.4, -0.2) is 10.8 Å². The van der Waals surface area contributed by atoms with Gasteiger partial charge in [0.15, 0.2) is 0 Å². The molecule has 0 aliphatic carbocycles. The van der Waals surface area contributed by atoms with Gasteiger partial charge in [-0.05, 0) is 12.1 Å². The van der Waals surface area contributed by atoms with Gasteiger partial charge in [0.25, 0.3) is 0 Å². The van der Waals surface area contributed by atoms with E-state index in [-0.39, 0.29) is 5.00 Å². The quantitative estimate of drug-likeness (QED) is 0.483. The number of halogens is 2. The molecule has 0 fully saturated rings. The Balaban J connectivity index is 2.86. The normalized spacial score (nSPS) is 11.7. The summed E-state index contributed by atoms with van der Waals surface area (Å²) in [5.74, 6) is 0.367. The first-order valence-electron chi connectivity index (χ1n) is 3.29. The van der Waals surface area contributed by atoms with Gasteiger partial charge in [0.1, 0.15) is 0 Å². The summed E-state index contributed by atoms with van der Waals surface area (Å²) >= 11 is 9.87. The summed E-state index contributed by atoms with van der Waals surface area (Å²) in [7, 11) is 0. The van der Waals surface area contributed by atoms with Crippen LogP contribution in [0.2, 0.25) is 0 Å². The first kappa shape index (κ1) is 10.7. The van der Waals surface area contributed by atoms with E-state index in [1.807, 2.05) is 0 Å². The summed E-state index contributed by atoms with van der Waals surface area (Å²) in [6, 6.07) is 3.17. The van der Waals surface area contributed by atoms with Crippen LogP contribution in [0.15, 0.2) is 16.6 Å². The summed E-state index contributed by atoms with van der Waals surface area (Å²) in [6.07, 6.45) is 1.77. The lowest BCUT2D eigenvalue weighted by atomic mass is 10.4. The number of hydrogen-bond acceptors (Lipinski definition) is 3. The predicted molar refractivity (Wildman–Crippen MR) is 58.6 cm³/mol. The van der Waals surface area contributed by atoms with Crippen LogP contribution in [-0.2, 0) is 0 Å². The van der Waals surface area contributed by atoms with E-state index >= 15 is 0 Å². The lowest BCUT2D eigenvalue weighted by Gasteiger charge is -1.87. The second kappa shape index (κ2) is 4.74. The SMILES string of the molecule is O=[N+]([O-])c1ccc(C=C(Br)CCl)s1. The highest BCUT2D eigenvalue weighted by Crippen LogP contribution is 2.26. The second-order valence-corrected chi connectivity index (χ2v) is 4.54. The van der Waals surface area contributed by atoms with Gasteiger partial charge < -0.3 is 0 Å². The Hall–Kier alpha value is -0.390. The molecule has 0 aliphatic rings. The summed E-state index contributed by atoms with van der Waals surface area (Å²) in [6.45, 7) is 0. The number of nitro groups is 1. The smallest absolute Gasteiger partial charge is 0.258 e. The second-order valence-electron chi connectivity index (χ2n) is 2.16. The zero-order chi connectivity index (χ0) is 9.84. The molecule has 6 heteroatoms. The standard InChI is InChI=1S/C7H5BrClNO2S/c8-5(4-9)3-6-1-2-7(13-6)10(11)12/h1-3H,4H2. The van der Waals surface area contributed by atoms with Crippen molar-refractivity contribution in [3.63, 3.8) is 0 Å². The first-order valence-corrected chi connectivity index (χ1v) is 5.44. The molecular formula is C7H5BrClNO2S. The van der Waals surface area contributed by atoms with Crippen molar-refractivity contribution in [2.45, 2.75) is 0 Å². The maximum Gasteiger partial charge on any atom is 0.324 e. The van der Waals surface area contributed by atoms with Crippen LogP contribution < -0.4 is 0 Å². The molecule has 0 aromatic carbocycles. The van der Waals surface area contributed by atoms with Crippen LogP contribution in [0.1, 0.15) is 4.88 Å². The van der Waals surface area contributed by atoms with Gasteiger partial charge in [-0.3, -0.25) is 10.1 Å². The zero-order valence-electron chi connectivity index (χ0n) is 6.37. The van der Waals surface area contributed by atoms with Crippen LogP contribution in [0.3, 0.4) is 0 Å². The molecule has 70 valence electrons. The highest BCUT2D eigenvalue weighted by atomic mass is 79.9. The molecule has 3 nitrogen and oxygen atoms in total. The van der Waals surface area contributed by atoms with Gasteiger partial charge in [-0.1, -0.05) is 27.3 Å². The van der Waals surface area contributed by atoms with E-state index in [1.165, 1.54) is 6.07 Å². The average Bonchev–Trinajstić information content (AvgIpc) is 2.52. The Bertz CT molecular complexity index is 350. The van der Waals surface area contributed by atoms with Gasteiger partial charge >= 0.3 is 5.00 Å². The molecule has 0 unspecified atom stereocenters. The molecule has 0 spiro atoms. The van der Waals surface area contributed by atoms with Crippen molar-refractivity contribution < 1.29 is 4.92 Å². The summed E-state index contributed by atoms with van der Waals surface area (Å²) < 4.78 is 0.811. The molecule has 1 rings (SSSR count). The fourth-order valence-electron chi connectivity index (χ4n) is 0.711. The summed E-state index contributed by atoms with van der Waals surface area (Å²) in [5, 5.41) is 10.5. The van der Waals surface area contributed by atoms with Crippen molar-refractivity contribution >= 4 is 49.9 Å². The van der Waals surface area contributed by atoms with Crippen LogP contribution in [0.5, 0.6) is 0 Å². The van der Waals surface area contributed by atoms with Gasteiger partial charge in [0.05, 0.1) is 10.8 Å². The van der Waals surface area contributed by atoms with Crippen molar-refractivity contribution in [1.29, 1.82) is 0 Å². The highest BCUT2D eigenvalue weighted by molar-refractivity contribution is 9.11. The van der Waals surface area contributed by atoms with Crippen LogP contribution in [0.4, 0.5) is 5.00 Å². The largest absolute Gasteiger partial charge is 0.324 e. The first-order chi connectivity index (χ1) is 6.13. The molecule has 0 N–H and O–H groups in total. The lowest BCUT2D eigenvalue weighted by molar-refractivity contribution is -0.380. The summed E-state index contributed by atoms with van der Waals surface area (Å²) in [4.78, 5) is 10.7. The fourth-order valence-corrected chi connectivity index (χ4v) is 1.98. The molecule has 0 atom stereocenters. The Morgan fingerprint density at radius 3 is 2.92 bits per heavy atom. The summed E-state index contributed by atoms with van der Waals surface area (Å²) in [5.41, 5.74) is 0. The predicted octanol–water partition coefficient (Wildman–Crippen LogP) is 3.63. The molecule has 1 aromatic heterocycles. The number of nitrogens with zero attached hydrogens (tertiary/aromatic N) is 1. The number of rotatable bonds is 3. The third-order valence-electron chi connectivity index (χ3n) is 1.22. The Labute approximate surface area is 92.3 Å². The van der Waals surface area contributed by atoms with E-state index in [1.54, 1.807) is 12.1 Å². The number of alkyl halides is 1. The van der Waals surface area contributed by atoms with Gasteiger partial charge in [0.2, 0.25) is 0 Å². The number of allylic oxidation sites excluding steroid dienone is 1. The van der Waals surface area contributed by atoms with Crippen molar-refractivity contribution in [3.05, 3.63) is 31.6 Å². The molecule has 0 saturated carbocycles. The van der Waals surface area contributed by atoms with E-state index in [0.29, 0.717) is 5.88 Å². The number of hydrogen-bond donors (Lipinski definition) is 0. The van der Waals surface area contributed by atoms with Crippen molar-refractivity contribution in [3.8, 4) is 0 Å². The molecule has 13 heavy (non-hydrogen) atoms. The highest BCUT2D eigenvalue weighted by Gasteiger charge is 2.07. The van der Waals surface area contributed by atoms with Crippen LogP contribution >= 0.6 is 38.9 Å². The van der Waals surface area contributed by atoms with Crippen molar-refractivity contribution in [2.75, 3.05) is 5.88 Å². The van der Waals surface area contributed by atoms with Crippen molar-refractivity contribution in [1.82, 2.24) is 0 Å². The molecule has 1 aromatic rings. The minimum absolute atomic E-state index is 0.140. The lowest BCUT2D eigenvalue weighted by Crippen LogP contribution is -1.80. The maximum absolute atomic E-state index is 10.3.